The first-order chi connectivity index (χ1) is 9.19. The van der Waals surface area contributed by atoms with Crippen molar-refractivity contribution in [1.82, 2.24) is 4.90 Å². The lowest BCUT2D eigenvalue weighted by molar-refractivity contribution is 0.102. The summed E-state index contributed by atoms with van der Waals surface area (Å²) in [5.41, 5.74) is 7.92. The highest BCUT2D eigenvalue weighted by molar-refractivity contribution is 5.51. The molecular formula is C15H24N2O2. The number of rotatable bonds is 8. The van der Waals surface area contributed by atoms with Gasteiger partial charge < -0.3 is 15.2 Å². The number of benzene rings is 1. The maximum absolute atomic E-state index is 6.01. The van der Waals surface area contributed by atoms with Gasteiger partial charge in [0.2, 0.25) is 0 Å². The molecule has 2 rings (SSSR count). The summed E-state index contributed by atoms with van der Waals surface area (Å²) in [5, 5.41) is 0. The second kappa shape index (κ2) is 6.78. The van der Waals surface area contributed by atoms with Gasteiger partial charge in [0.1, 0.15) is 5.75 Å². The fraction of sp³-hybridized carbons (Fsp3) is 0.600. The number of methoxy groups -OCH3 is 1. The zero-order valence-electron chi connectivity index (χ0n) is 11.9. The highest BCUT2D eigenvalue weighted by Gasteiger charge is 2.20. The van der Waals surface area contributed by atoms with E-state index in [1.807, 2.05) is 18.2 Å². The van der Waals surface area contributed by atoms with E-state index in [2.05, 4.69) is 11.9 Å². The Morgan fingerprint density at radius 1 is 1.37 bits per heavy atom. The van der Waals surface area contributed by atoms with Crippen LogP contribution < -0.4 is 10.5 Å². The molecule has 1 aromatic rings. The molecule has 4 nitrogen and oxygen atoms in total. The van der Waals surface area contributed by atoms with Crippen LogP contribution in [0.4, 0.5) is 5.69 Å². The third-order valence-electron chi connectivity index (χ3n) is 3.46. The topological polar surface area (TPSA) is 47.7 Å². The number of nitrogens with zero attached hydrogens (tertiary/aromatic N) is 1. The second-order valence-electron chi connectivity index (χ2n) is 5.32. The molecule has 0 saturated heterocycles. The highest BCUT2D eigenvalue weighted by atomic mass is 16.5. The Bertz CT molecular complexity index is 405. The quantitative estimate of drug-likeness (QED) is 0.577. The minimum atomic E-state index is 0.782. The lowest BCUT2D eigenvalue weighted by Gasteiger charge is -2.18. The van der Waals surface area contributed by atoms with E-state index in [1.165, 1.54) is 12.8 Å². The second-order valence-corrected chi connectivity index (χ2v) is 5.32. The number of nitrogen functional groups attached to an aromatic ring is 1. The first-order valence-corrected chi connectivity index (χ1v) is 6.87. The number of nitrogens with two attached hydrogens (primary N) is 1. The van der Waals surface area contributed by atoms with Crippen molar-refractivity contribution in [3.63, 3.8) is 0 Å². The first kappa shape index (κ1) is 14.2. The van der Waals surface area contributed by atoms with Crippen molar-refractivity contribution in [2.24, 2.45) is 5.92 Å². The molecule has 0 amide bonds. The zero-order valence-corrected chi connectivity index (χ0v) is 11.9. The minimum Gasteiger partial charge on any atom is -0.497 e. The van der Waals surface area contributed by atoms with Gasteiger partial charge in [0.25, 0.3) is 0 Å². The van der Waals surface area contributed by atoms with Crippen molar-refractivity contribution in [1.29, 1.82) is 0 Å². The van der Waals surface area contributed by atoms with E-state index in [4.69, 9.17) is 15.2 Å². The number of anilines is 1. The Hall–Kier alpha value is -1.26. The van der Waals surface area contributed by atoms with Crippen LogP contribution in [0.1, 0.15) is 18.4 Å². The molecule has 0 spiro atoms. The van der Waals surface area contributed by atoms with Gasteiger partial charge in [-0.05, 0) is 37.4 Å². The summed E-state index contributed by atoms with van der Waals surface area (Å²) in [5.74, 6) is 1.64. The van der Waals surface area contributed by atoms with Crippen LogP contribution in [-0.2, 0) is 11.3 Å². The van der Waals surface area contributed by atoms with Crippen molar-refractivity contribution in [3.8, 4) is 5.75 Å². The average Bonchev–Trinajstić information content (AvgIpc) is 3.21. The number of likely N-dealkylation sites (N-methyl/N-ethyl adjacent to an activating group) is 1. The van der Waals surface area contributed by atoms with Gasteiger partial charge >= 0.3 is 0 Å². The van der Waals surface area contributed by atoms with Crippen molar-refractivity contribution in [2.75, 3.05) is 39.6 Å². The molecule has 1 fully saturated rings. The Balaban J connectivity index is 1.72. The van der Waals surface area contributed by atoms with Gasteiger partial charge in [-0.1, -0.05) is 6.07 Å². The van der Waals surface area contributed by atoms with Gasteiger partial charge in [-0.3, -0.25) is 4.90 Å². The molecule has 1 aromatic carbocycles. The maximum Gasteiger partial charge on any atom is 0.120 e. The van der Waals surface area contributed by atoms with E-state index in [9.17, 15) is 0 Å². The number of ether oxygens (including phenoxy) is 2. The Morgan fingerprint density at radius 2 is 2.16 bits per heavy atom. The summed E-state index contributed by atoms with van der Waals surface area (Å²) >= 11 is 0. The zero-order chi connectivity index (χ0) is 13.7. The standard InChI is InChI=1S/C15H24N2O2/c1-17(7-8-19-11-12-3-4-12)10-13-5-6-14(18-2)9-15(13)16/h5-6,9,12H,3-4,7-8,10-11,16H2,1-2H3. The molecule has 0 atom stereocenters. The molecule has 0 aliphatic heterocycles. The fourth-order valence-electron chi connectivity index (χ4n) is 1.97. The van der Waals surface area contributed by atoms with Crippen molar-refractivity contribution >= 4 is 5.69 Å². The predicted octanol–water partition coefficient (Wildman–Crippen LogP) is 2.14. The van der Waals surface area contributed by atoms with E-state index in [-0.39, 0.29) is 0 Å². The van der Waals surface area contributed by atoms with Crippen molar-refractivity contribution in [2.45, 2.75) is 19.4 Å². The van der Waals surface area contributed by atoms with E-state index in [0.29, 0.717) is 0 Å². The molecule has 2 N–H and O–H groups in total. The van der Waals surface area contributed by atoms with Gasteiger partial charge in [-0.15, -0.1) is 0 Å². The van der Waals surface area contributed by atoms with Crippen LogP contribution in [0.25, 0.3) is 0 Å². The van der Waals surface area contributed by atoms with E-state index in [0.717, 1.165) is 49.2 Å². The number of hydrogen-bond donors (Lipinski definition) is 1. The molecule has 0 aromatic heterocycles. The van der Waals surface area contributed by atoms with Crippen LogP contribution in [0.15, 0.2) is 18.2 Å². The van der Waals surface area contributed by atoms with Crippen LogP contribution in [-0.4, -0.2) is 38.8 Å². The maximum atomic E-state index is 6.01. The molecule has 4 heteroatoms. The van der Waals surface area contributed by atoms with E-state index in [1.54, 1.807) is 7.11 Å². The minimum absolute atomic E-state index is 0.782. The van der Waals surface area contributed by atoms with Crippen LogP contribution in [0.2, 0.25) is 0 Å². The number of hydrogen-bond acceptors (Lipinski definition) is 4. The largest absolute Gasteiger partial charge is 0.497 e. The molecule has 0 bridgehead atoms. The lowest BCUT2D eigenvalue weighted by atomic mass is 10.1. The molecule has 0 heterocycles. The van der Waals surface area contributed by atoms with E-state index < -0.39 is 0 Å². The van der Waals surface area contributed by atoms with Gasteiger partial charge in [0.05, 0.1) is 13.7 Å². The Kier molecular flexibility index (Phi) is 5.05. The molecule has 1 saturated carbocycles. The fourth-order valence-corrected chi connectivity index (χ4v) is 1.97. The molecule has 106 valence electrons. The van der Waals surface area contributed by atoms with Crippen LogP contribution in [0, 0.1) is 5.92 Å². The van der Waals surface area contributed by atoms with Crippen molar-refractivity contribution < 1.29 is 9.47 Å². The van der Waals surface area contributed by atoms with Gasteiger partial charge in [0, 0.05) is 31.5 Å². The first-order valence-electron chi connectivity index (χ1n) is 6.87. The summed E-state index contributed by atoms with van der Waals surface area (Å²) in [6.07, 6.45) is 2.69. The van der Waals surface area contributed by atoms with Crippen LogP contribution >= 0.6 is 0 Å². The van der Waals surface area contributed by atoms with E-state index >= 15 is 0 Å². The van der Waals surface area contributed by atoms with Gasteiger partial charge in [-0.25, -0.2) is 0 Å². The molecule has 1 aliphatic carbocycles. The Morgan fingerprint density at radius 3 is 2.79 bits per heavy atom. The monoisotopic (exact) mass is 264 g/mol. The predicted molar refractivity (Wildman–Crippen MR) is 77.3 cm³/mol. The summed E-state index contributed by atoms with van der Waals surface area (Å²) in [6, 6.07) is 5.84. The molecule has 0 radical (unpaired) electrons. The smallest absolute Gasteiger partial charge is 0.120 e. The van der Waals surface area contributed by atoms with Gasteiger partial charge in [-0.2, -0.15) is 0 Å². The summed E-state index contributed by atoms with van der Waals surface area (Å²) in [6.45, 7) is 3.49. The normalized spacial score (nSPS) is 14.9. The summed E-state index contributed by atoms with van der Waals surface area (Å²) in [7, 11) is 3.74. The lowest BCUT2D eigenvalue weighted by Crippen LogP contribution is -2.23. The summed E-state index contributed by atoms with van der Waals surface area (Å²) < 4.78 is 10.8. The Labute approximate surface area is 115 Å². The van der Waals surface area contributed by atoms with Crippen LogP contribution in [0.5, 0.6) is 5.75 Å². The molecular weight excluding hydrogens is 240 g/mol. The average molecular weight is 264 g/mol. The molecule has 0 unspecified atom stereocenters. The summed E-state index contributed by atoms with van der Waals surface area (Å²) in [4.78, 5) is 2.23. The third kappa shape index (κ3) is 4.73. The van der Waals surface area contributed by atoms with Crippen LogP contribution in [0.3, 0.4) is 0 Å². The van der Waals surface area contributed by atoms with Gasteiger partial charge in [0.15, 0.2) is 0 Å². The third-order valence-corrected chi connectivity index (χ3v) is 3.46. The molecule has 1 aliphatic rings. The SMILES string of the molecule is COc1ccc(CN(C)CCOCC2CC2)c(N)c1. The molecule has 19 heavy (non-hydrogen) atoms. The highest BCUT2D eigenvalue weighted by Crippen LogP contribution is 2.28. The van der Waals surface area contributed by atoms with Crippen molar-refractivity contribution in [3.05, 3.63) is 23.8 Å².